The van der Waals surface area contributed by atoms with Crippen LogP contribution in [0.25, 0.3) is 0 Å². The van der Waals surface area contributed by atoms with Crippen LogP contribution < -0.4 is 4.74 Å². The van der Waals surface area contributed by atoms with Crippen LogP contribution in [-0.2, 0) is 0 Å². The van der Waals surface area contributed by atoms with Gasteiger partial charge in [-0.1, -0.05) is 18.6 Å². The van der Waals surface area contributed by atoms with Gasteiger partial charge in [0, 0.05) is 18.6 Å². The Kier molecular flexibility index (Phi) is 5.87. The van der Waals surface area contributed by atoms with E-state index in [4.69, 9.17) is 4.74 Å². The molecule has 1 fully saturated rings. The smallest absolute Gasteiger partial charge is 0.133 e. The lowest BCUT2D eigenvalue weighted by Crippen LogP contribution is -2.48. The Morgan fingerprint density at radius 2 is 1.95 bits per heavy atom. The Morgan fingerprint density at radius 1 is 1.30 bits per heavy atom. The van der Waals surface area contributed by atoms with E-state index in [-0.39, 0.29) is 0 Å². The number of aliphatic hydroxyl groups excluding tert-OH is 1. The number of likely N-dealkylation sites (tertiary alicyclic amines) is 1. The molecule has 1 aliphatic heterocycles. The number of hydrogen-bond donors (Lipinski definition) is 1. The van der Waals surface area contributed by atoms with Crippen LogP contribution in [0.3, 0.4) is 0 Å². The zero-order valence-corrected chi connectivity index (χ0v) is 13.8. The summed E-state index contributed by atoms with van der Waals surface area (Å²) in [6.07, 6.45) is 3.29. The fourth-order valence-electron chi connectivity index (χ4n) is 2.88. The number of ether oxygens (including phenoxy) is 1. The minimum absolute atomic E-state index is 0.332. The Hall–Kier alpha value is -0.580. The highest BCUT2D eigenvalue weighted by Crippen LogP contribution is 2.25. The van der Waals surface area contributed by atoms with Crippen LogP contribution in [0, 0.1) is 0 Å². The van der Waals surface area contributed by atoms with Gasteiger partial charge >= 0.3 is 0 Å². The Morgan fingerprint density at radius 3 is 2.60 bits per heavy atom. The lowest BCUT2D eigenvalue weighted by Gasteiger charge is -2.40. The number of para-hydroxylation sites is 1. The molecule has 0 aliphatic carbocycles. The lowest BCUT2D eigenvalue weighted by molar-refractivity contribution is 0.0207. The monoisotopic (exact) mass is 341 g/mol. The van der Waals surface area contributed by atoms with Gasteiger partial charge in [-0.3, -0.25) is 4.90 Å². The largest absolute Gasteiger partial charge is 0.490 e. The standard InChI is InChI=1S/C16H24BrNO2/c1-12-6-5-7-13(2)18(12)10-14(19)11-20-16-9-4-3-8-15(16)17/h3-4,8-9,12-14,19H,5-7,10-11H2,1-2H3. The lowest BCUT2D eigenvalue weighted by atomic mass is 9.97. The molecule has 1 aromatic rings. The topological polar surface area (TPSA) is 32.7 Å². The number of nitrogens with zero attached hydrogens (tertiary/aromatic N) is 1. The van der Waals surface area contributed by atoms with Gasteiger partial charge in [-0.05, 0) is 54.8 Å². The van der Waals surface area contributed by atoms with Gasteiger partial charge in [0.2, 0.25) is 0 Å². The van der Waals surface area contributed by atoms with Crippen molar-refractivity contribution in [1.29, 1.82) is 0 Å². The second kappa shape index (κ2) is 7.43. The van der Waals surface area contributed by atoms with Crippen molar-refractivity contribution in [2.45, 2.75) is 51.3 Å². The normalized spacial score (nSPS) is 25.4. The highest BCUT2D eigenvalue weighted by atomic mass is 79.9. The summed E-state index contributed by atoms with van der Waals surface area (Å²) in [4.78, 5) is 2.40. The molecule has 3 nitrogen and oxygen atoms in total. The molecule has 0 spiro atoms. The van der Waals surface area contributed by atoms with Crippen LogP contribution in [0.5, 0.6) is 5.75 Å². The van der Waals surface area contributed by atoms with Gasteiger partial charge in [-0.2, -0.15) is 0 Å². The Balaban J connectivity index is 1.83. The van der Waals surface area contributed by atoms with Gasteiger partial charge in [0.1, 0.15) is 18.5 Å². The van der Waals surface area contributed by atoms with Gasteiger partial charge in [-0.15, -0.1) is 0 Å². The first-order valence-electron chi connectivity index (χ1n) is 7.39. The van der Waals surface area contributed by atoms with Crippen molar-refractivity contribution < 1.29 is 9.84 Å². The molecule has 2 rings (SSSR count). The van der Waals surface area contributed by atoms with Gasteiger partial charge in [0.25, 0.3) is 0 Å². The number of rotatable bonds is 5. The van der Waals surface area contributed by atoms with Crippen LogP contribution in [0.15, 0.2) is 28.7 Å². The van der Waals surface area contributed by atoms with Gasteiger partial charge in [0.05, 0.1) is 4.47 Å². The molecule has 112 valence electrons. The first-order valence-corrected chi connectivity index (χ1v) is 8.18. The second-order valence-corrected chi connectivity index (χ2v) is 6.58. The molecule has 1 saturated heterocycles. The van der Waals surface area contributed by atoms with Crippen molar-refractivity contribution >= 4 is 15.9 Å². The SMILES string of the molecule is CC1CCCC(C)N1CC(O)COc1ccccc1Br. The fourth-order valence-corrected chi connectivity index (χ4v) is 3.28. The molecule has 4 heteroatoms. The van der Waals surface area contributed by atoms with Crippen molar-refractivity contribution in [3.8, 4) is 5.75 Å². The number of benzene rings is 1. The first kappa shape index (κ1) is 15.8. The maximum atomic E-state index is 10.2. The highest BCUT2D eigenvalue weighted by Gasteiger charge is 2.26. The molecule has 0 saturated carbocycles. The summed E-state index contributed by atoms with van der Waals surface area (Å²) in [5, 5.41) is 10.2. The number of hydrogen-bond acceptors (Lipinski definition) is 3. The third kappa shape index (κ3) is 4.21. The van der Waals surface area contributed by atoms with Gasteiger partial charge in [-0.25, -0.2) is 0 Å². The van der Waals surface area contributed by atoms with E-state index in [9.17, 15) is 5.11 Å². The van der Waals surface area contributed by atoms with Crippen LogP contribution in [-0.4, -0.2) is 41.3 Å². The average Bonchev–Trinajstić information content (AvgIpc) is 2.42. The Bertz CT molecular complexity index is 417. The molecule has 20 heavy (non-hydrogen) atoms. The molecule has 3 unspecified atom stereocenters. The Labute approximate surface area is 130 Å². The summed E-state index contributed by atoms with van der Waals surface area (Å²) in [6.45, 7) is 5.51. The molecule has 0 radical (unpaired) electrons. The van der Waals surface area contributed by atoms with E-state index in [0.717, 1.165) is 10.2 Å². The summed E-state index contributed by atoms with van der Waals surface area (Å²) in [7, 11) is 0. The van der Waals surface area contributed by atoms with Crippen molar-refractivity contribution in [2.75, 3.05) is 13.2 Å². The fraction of sp³-hybridized carbons (Fsp3) is 0.625. The zero-order chi connectivity index (χ0) is 14.5. The van der Waals surface area contributed by atoms with E-state index < -0.39 is 6.10 Å². The quantitative estimate of drug-likeness (QED) is 0.890. The molecule has 0 amide bonds. The predicted octanol–water partition coefficient (Wildman–Crippen LogP) is 3.45. The van der Waals surface area contributed by atoms with Crippen molar-refractivity contribution in [1.82, 2.24) is 4.90 Å². The molecule has 1 N–H and O–H groups in total. The summed E-state index contributed by atoms with van der Waals surface area (Å²) in [5.41, 5.74) is 0. The predicted molar refractivity (Wildman–Crippen MR) is 85.1 cm³/mol. The minimum atomic E-state index is -0.454. The molecule has 0 aromatic heterocycles. The third-order valence-corrected chi connectivity index (χ3v) is 4.72. The summed E-state index contributed by atoms with van der Waals surface area (Å²) in [6, 6.07) is 8.83. The number of aliphatic hydroxyl groups is 1. The van der Waals surface area contributed by atoms with E-state index in [1.165, 1.54) is 19.3 Å². The van der Waals surface area contributed by atoms with Crippen molar-refractivity contribution in [3.63, 3.8) is 0 Å². The average molecular weight is 342 g/mol. The molecule has 1 heterocycles. The van der Waals surface area contributed by atoms with Gasteiger partial charge < -0.3 is 9.84 Å². The van der Waals surface area contributed by atoms with Crippen LogP contribution >= 0.6 is 15.9 Å². The molecule has 1 aromatic carbocycles. The number of halogens is 1. The van der Waals surface area contributed by atoms with E-state index in [2.05, 4.69) is 34.7 Å². The van der Waals surface area contributed by atoms with Crippen LogP contribution in [0.1, 0.15) is 33.1 Å². The molecule has 0 bridgehead atoms. The van der Waals surface area contributed by atoms with E-state index in [0.29, 0.717) is 25.2 Å². The molecular weight excluding hydrogens is 318 g/mol. The van der Waals surface area contributed by atoms with E-state index in [1.807, 2.05) is 24.3 Å². The summed E-state index contributed by atoms with van der Waals surface area (Å²) >= 11 is 3.45. The maximum absolute atomic E-state index is 10.2. The minimum Gasteiger partial charge on any atom is -0.490 e. The van der Waals surface area contributed by atoms with E-state index in [1.54, 1.807) is 0 Å². The maximum Gasteiger partial charge on any atom is 0.133 e. The molecular formula is C16H24BrNO2. The van der Waals surface area contributed by atoms with Crippen LogP contribution in [0.2, 0.25) is 0 Å². The van der Waals surface area contributed by atoms with Gasteiger partial charge in [0.15, 0.2) is 0 Å². The number of piperidine rings is 1. The molecule has 3 atom stereocenters. The van der Waals surface area contributed by atoms with Crippen molar-refractivity contribution in [3.05, 3.63) is 28.7 Å². The summed E-state index contributed by atoms with van der Waals surface area (Å²) < 4.78 is 6.61. The van der Waals surface area contributed by atoms with E-state index >= 15 is 0 Å². The second-order valence-electron chi connectivity index (χ2n) is 5.72. The first-order chi connectivity index (χ1) is 9.58. The van der Waals surface area contributed by atoms with Crippen molar-refractivity contribution in [2.24, 2.45) is 0 Å². The highest BCUT2D eigenvalue weighted by molar-refractivity contribution is 9.10. The number of β-amino-alcohol motifs (C(OH)–C–C–N with tert-alkyl or cyclic N) is 1. The van der Waals surface area contributed by atoms with Crippen LogP contribution in [0.4, 0.5) is 0 Å². The summed E-state index contributed by atoms with van der Waals surface area (Å²) in [5.74, 6) is 0.784. The molecule has 1 aliphatic rings. The third-order valence-electron chi connectivity index (χ3n) is 4.07. The zero-order valence-electron chi connectivity index (χ0n) is 12.3.